The van der Waals surface area contributed by atoms with Crippen molar-refractivity contribution in [1.29, 1.82) is 0 Å². The molecule has 0 aliphatic carbocycles. The average Bonchev–Trinajstić information content (AvgIpc) is 3.32. The fourth-order valence-electron chi connectivity index (χ4n) is 9.66. The van der Waals surface area contributed by atoms with Gasteiger partial charge in [0.15, 0.2) is 11.6 Å². The van der Waals surface area contributed by atoms with Gasteiger partial charge in [-0.1, -0.05) is 276 Å². The predicted octanol–water partition coefficient (Wildman–Crippen LogP) is 18.9. The van der Waals surface area contributed by atoms with Crippen LogP contribution in [0.3, 0.4) is 0 Å². The van der Waals surface area contributed by atoms with E-state index in [4.69, 9.17) is 0 Å². The van der Waals surface area contributed by atoms with Crippen molar-refractivity contribution >= 4 is 11.6 Å². The van der Waals surface area contributed by atoms with E-state index in [0.717, 1.165) is 83.5 Å². The molecule has 390 valence electrons. The number of hydrogen-bond acceptors (Lipinski definition) is 5. The Morgan fingerprint density at radius 1 is 0.318 bits per heavy atom. The number of carbonyl (C=O) groups excluding carboxylic acids is 2. The normalized spacial score (nSPS) is 13.8. The van der Waals surface area contributed by atoms with E-state index in [1.165, 1.54) is 193 Å². The van der Waals surface area contributed by atoms with Gasteiger partial charge in [-0.2, -0.15) is 0 Å². The van der Waals surface area contributed by atoms with Crippen LogP contribution in [-0.2, 0) is 9.59 Å². The molecule has 0 bridgehead atoms. The van der Waals surface area contributed by atoms with Gasteiger partial charge in [0.25, 0.3) is 0 Å². The summed E-state index contributed by atoms with van der Waals surface area (Å²) in [6.07, 6.45) is 61.9. The first-order valence-corrected chi connectivity index (χ1v) is 29.8. The molecule has 0 aliphatic heterocycles. The molecule has 5 heteroatoms. The second-order valence-corrected chi connectivity index (χ2v) is 20.9. The Balaban J connectivity index is 4.61. The van der Waals surface area contributed by atoms with Crippen LogP contribution < -0.4 is 0 Å². The number of hydrogen-bond donors (Lipinski definition) is 3. The summed E-state index contributed by atoms with van der Waals surface area (Å²) in [7, 11) is 0. The molecular weight excluding hydrogens is 813 g/mol. The second-order valence-electron chi connectivity index (χ2n) is 20.9. The number of rotatable bonds is 55. The van der Waals surface area contributed by atoms with Gasteiger partial charge >= 0.3 is 0 Å². The highest BCUT2D eigenvalue weighted by Crippen LogP contribution is 2.28. The molecule has 0 spiro atoms. The summed E-state index contributed by atoms with van der Waals surface area (Å²) < 4.78 is 0. The number of allylic oxidation sites excluding steroid dienone is 4. The van der Waals surface area contributed by atoms with Crippen molar-refractivity contribution < 1.29 is 24.9 Å². The largest absolute Gasteiger partial charge is 0.383 e. The molecule has 0 aromatic rings. The van der Waals surface area contributed by atoms with Gasteiger partial charge in [-0.05, 0) is 70.6 Å². The monoisotopic (exact) mass is 929 g/mol. The van der Waals surface area contributed by atoms with E-state index in [2.05, 4.69) is 45.1 Å². The number of Topliss-reactive ketones (excluding diaryl/α,β-unsaturated/α-hetero) is 2. The van der Waals surface area contributed by atoms with Gasteiger partial charge in [0.05, 0.1) is 0 Å². The van der Waals surface area contributed by atoms with Gasteiger partial charge in [0.2, 0.25) is 0 Å². The lowest BCUT2D eigenvalue weighted by atomic mass is 9.79. The predicted molar refractivity (Wildman–Crippen MR) is 289 cm³/mol. The Bertz CT molecular complexity index is 1010. The fraction of sp³-hybridized carbons (Fsp3) is 0.902. The van der Waals surface area contributed by atoms with Crippen molar-refractivity contribution in [3.8, 4) is 0 Å². The van der Waals surface area contributed by atoms with Crippen molar-refractivity contribution in [2.75, 3.05) is 0 Å². The van der Waals surface area contributed by atoms with E-state index in [-0.39, 0.29) is 19.3 Å². The molecule has 66 heavy (non-hydrogen) atoms. The first kappa shape index (κ1) is 64.7. The van der Waals surface area contributed by atoms with Crippen molar-refractivity contribution in [3.63, 3.8) is 0 Å². The number of ketones is 2. The van der Waals surface area contributed by atoms with Crippen LogP contribution in [0.4, 0.5) is 0 Å². The molecular formula is C61H116O5. The summed E-state index contributed by atoms with van der Waals surface area (Å²) in [6.45, 7) is 6.80. The lowest BCUT2D eigenvalue weighted by molar-refractivity contribution is -0.174. The van der Waals surface area contributed by atoms with Crippen molar-refractivity contribution in [1.82, 2.24) is 0 Å². The van der Waals surface area contributed by atoms with Crippen molar-refractivity contribution in [2.24, 2.45) is 0 Å². The van der Waals surface area contributed by atoms with Gasteiger partial charge in [0.1, 0.15) is 17.8 Å². The molecule has 0 aromatic carbocycles. The highest BCUT2D eigenvalue weighted by Gasteiger charge is 2.48. The molecule has 2 unspecified atom stereocenters. The second kappa shape index (κ2) is 51.5. The van der Waals surface area contributed by atoms with Crippen molar-refractivity contribution in [2.45, 2.75) is 353 Å². The number of carbonyl (C=O) groups is 2. The Labute approximate surface area is 412 Å². The fourth-order valence-corrected chi connectivity index (χ4v) is 9.66. The molecule has 0 aromatic heterocycles. The number of aliphatic hydroxyl groups is 3. The van der Waals surface area contributed by atoms with Crippen LogP contribution in [0.1, 0.15) is 335 Å². The first-order valence-electron chi connectivity index (χ1n) is 29.8. The number of unbranched alkanes of at least 4 members (excludes halogenated alkanes) is 41. The highest BCUT2D eigenvalue weighted by atomic mass is 16.4. The minimum Gasteiger partial charge on any atom is -0.383 e. The van der Waals surface area contributed by atoms with Gasteiger partial charge < -0.3 is 15.3 Å². The molecule has 3 N–H and O–H groups in total. The third-order valence-corrected chi connectivity index (χ3v) is 14.4. The van der Waals surface area contributed by atoms with Crippen LogP contribution in [0.2, 0.25) is 0 Å². The van der Waals surface area contributed by atoms with Crippen LogP contribution in [0.5, 0.6) is 0 Å². The van der Waals surface area contributed by atoms with E-state index in [9.17, 15) is 24.9 Å². The van der Waals surface area contributed by atoms with E-state index >= 15 is 0 Å². The Morgan fingerprint density at radius 2 is 0.515 bits per heavy atom. The zero-order valence-corrected chi connectivity index (χ0v) is 44.8. The molecule has 5 nitrogen and oxygen atoms in total. The van der Waals surface area contributed by atoms with E-state index in [0.29, 0.717) is 19.3 Å². The molecule has 0 aliphatic rings. The maximum absolute atomic E-state index is 13.3. The van der Waals surface area contributed by atoms with Crippen molar-refractivity contribution in [3.05, 3.63) is 24.3 Å². The Morgan fingerprint density at radius 3 is 0.758 bits per heavy atom. The van der Waals surface area contributed by atoms with Gasteiger partial charge in [-0.3, -0.25) is 9.59 Å². The summed E-state index contributed by atoms with van der Waals surface area (Å²) in [5, 5.41) is 34.5. The summed E-state index contributed by atoms with van der Waals surface area (Å²) in [5.74, 6) is -0.896. The van der Waals surface area contributed by atoms with E-state index < -0.39 is 29.4 Å². The number of aliphatic hydroxyl groups excluding tert-OH is 2. The van der Waals surface area contributed by atoms with Gasteiger partial charge in [0, 0.05) is 12.8 Å². The molecule has 0 heterocycles. The standard InChI is InChI=1S/C61H116O5/c1-4-7-10-13-16-19-22-25-28-29-30-31-32-35-38-41-44-47-50-53-56-61(66,59(64)57(62)54-51-48-45-42-39-36-33-26-23-20-17-14-11-8-5-2)60(65)58(63)55-52-49-46-43-40-37-34-27-24-21-18-15-12-9-6-3/h26-27,33-34,59-60,64-66H,4-25,28-32,35-56H2,1-3H3/b33-26-,34-27-. The van der Waals surface area contributed by atoms with Crippen LogP contribution in [-0.4, -0.2) is 44.7 Å². The minimum atomic E-state index is -2.13. The Kier molecular flexibility index (Phi) is 50.5. The minimum absolute atomic E-state index is 0.0600. The van der Waals surface area contributed by atoms with Crippen LogP contribution in [0, 0.1) is 0 Å². The lowest BCUT2D eigenvalue weighted by Crippen LogP contribution is -2.58. The van der Waals surface area contributed by atoms with Gasteiger partial charge in [-0.15, -0.1) is 0 Å². The zero-order chi connectivity index (χ0) is 48.3. The maximum atomic E-state index is 13.3. The van der Waals surface area contributed by atoms with Gasteiger partial charge in [-0.25, -0.2) is 0 Å². The van der Waals surface area contributed by atoms with Crippen LogP contribution in [0.15, 0.2) is 24.3 Å². The molecule has 0 fully saturated rings. The Hall–Kier alpha value is -1.30. The molecule has 2 atom stereocenters. The lowest BCUT2D eigenvalue weighted by Gasteiger charge is -2.36. The van der Waals surface area contributed by atoms with E-state index in [1.807, 2.05) is 0 Å². The molecule has 0 saturated carbocycles. The summed E-state index contributed by atoms with van der Waals surface area (Å²) in [6, 6.07) is 0. The highest BCUT2D eigenvalue weighted by molar-refractivity contribution is 5.88. The smallest absolute Gasteiger partial charge is 0.164 e. The summed E-state index contributed by atoms with van der Waals surface area (Å²) >= 11 is 0. The van der Waals surface area contributed by atoms with Crippen LogP contribution >= 0.6 is 0 Å². The maximum Gasteiger partial charge on any atom is 0.164 e. The zero-order valence-electron chi connectivity index (χ0n) is 44.8. The molecule has 0 rings (SSSR count). The van der Waals surface area contributed by atoms with E-state index in [1.54, 1.807) is 0 Å². The molecule has 0 amide bonds. The SMILES string of the molecule is CCCCCCCC/C=C\CCCCCCCC(=O)C(O)C(O)(CCCCCCCCCCCCCCCCCCCCCC)C(O)C(=O)CCCCCCC/C=C\CCCCCCCC. The first-order chi connectivity index (χ1) is 32.3. The average molecular weight is 930 g/mol. The summed E-state index contributed by atoms with van der Waals surface area (Å²) in [4.78, 5) is 26.6. The third-order valence-electron chi connectivity index (χ3n) is 14.4. The van der Waals surface area contributed by atoms with Crippen LogP contribution in [0.25, 0.3) is 0 Å². The third kappa shape index (κ3) is 41.7. The quantitative estimate of drug-likeness (QED) is 0.0417. The molecule has 0 saturated heterocycles. The summed E-state index contributed by atoms with van der Waals surface area (Å²) in [5.41, 5.74) is -2.13. The topological polar surface area (TPSA) is 94.8 Å². The molecule has 0 radical (unpaired) electrons.